The Labute approximate surface area is 153 Å². The van der Waals surface area contributed by atoms with E-state index in [1.165, 1.54) is 0 Å². The van der Waals surface area contributed by atoms with Gasteiger partial charge < -0.3 is 15.4 Å². The molecular formula is C18H23N3O4S. The molecule has 0 saturated carbocycles. The first-order valence-corrected chi connectivity index (χ1v) is 9.91. The van der Waals surface area contributed by atoms with Gasteiger partial charge in [0.15, 0.2) is 0 Å². The first-order valence-electron chi connectivity index (χ1n) is 8.02. The largest absolute Gasteiger partial charge is 0.497 e. The fraction of sp³-hybridized carbons (Fsp3) is 0.278. The van der Waals surface area contributed by atoms with Crippen LogP contribution in [-0.4, -0.2) is 27.8 Å². The highest BCUT2D eigenvalue weighted by molar-refractivity contribution is 7.92. The van der Waals surface area contributed by atoms with Crippen LogP contribution >= 0.6 is 0 Å². The molecule has 8 heteroatoms. The van der Waals surface area contributed by atoms with Gasteiger partial charge in [0.25, 0.3) is 0 Å². The molecule has 0 aliphatic carbocycles. The van der Waals surface area contributed by atoms with E-state index in [1.807, 2.05) is 37.3 Å². The fourth-order valence-corrected chi connectivity index (χ4v) is 2.94. The molecule has 0 aliphatic rings. The second-order valence-electron chi connectivity index (χ2n) is 5.90. The molecule has 7 nitrogen and oxygen atoms in total. The molecule has 26 heavy (non-hydrogen) atoms. The van der Waals surface area contributed by atoms with Crippen molar-refractivity contribution in [2.45, 2.75) is 19.5 Å². The van der Waals surface area contributed by atoms with E-state index < -0.39 is 10.0 Å². The summed E-state index contributed by atoms with van der Waals surface area (Å²) in [5.74, 6) is 0.730. The normalized spacial score (nSPS) is 12.1. The van der Waals surface area contributed by atoms with Gasteiger partial charge in [0.05, 0.1) is 19.4 Å². The number of nitrogens with one attached hydrogen (secondary N) is 3. The van der Waals surface area contributed by atoms with E-state index in [0.717, 1.165) is 23.1 Å². The Hall–Kier alpha value is -2.74. The number of rotatable bonds is 7. The van der Waals surface area contributed by atoms with Crippen molar-refractivity contribution in [2.24, 2.45) is 0 Å². The zero-order valence-electron chi connectivity index (χ0n) is 14.9. The van der Waals surface area contributed by atoms with Crippen LogP contribution in [-0.2, 0) is 16.6 Å². The SMILES string of the molecule is COc1cccc(CNC(=O)N[C@H](C)c2cccc(NS(C)(=O)=O)c2)c1. The van der Waals surface area contributed by atoms with Crippen LogP contribution in [0.2, 0.25) is 0 Å². The molecule has 0 radical (unpaired) electrons. The van der Waals surface area contributed by atoms with Crippen LogP contribution in [0.15, 0.2) is 48.5 Å². The summed E-state index contributed by atoms with van der Waals surface area (Å²) in [5.41, 5.74) is 2.16. The Bertz CT molecular complexity index is 868. The standard InChI is InChI=1S/C18H23N3O4S/c1-13(15-7-5-8-16(11-15)21-26(3,23)24)20-18(22)19-12-14-6-4-9-17(10-14)25-2/h4-11,13,21H,12H2,1-3H3,(H2,19,20,22)/t13-/m1/s1. The number of benzene rings is 2. The number of hydrogen-bond acceptors (Lipinski definition) is 4. The highest BCUT2D eigenvalue weighted by atomic mass is 32.2. The number of methoxy groups -OCH3 is 1. The van der Waals surface area contributed by atoms with Crippen LogP contribution in [0.5, 0.6) is 5.75 Å². The van der Waals surface area contributed by atoms with Crippen molar-refractivity contribution in [3.8, 4) is 5.75 Å². The highest BCUT2D eigenvalue weighted by Gasteiger charge is 2.11. The number of amides is 2. The molecule has 2 aromatic rings. The number of anilines is 1. The van der Waals surface area contributed by atoms with Crippen molar-refractivity contribution in [3.63, 3.8) is 0 Å². The third-order valence-electron chi connectivity index (χ3n) is 3.62. The maximum Gasteiger partial charge on any atom is 0.315 e. The van der Waals surface area contributed by atoms with Crippen molar-refractivity contribution in [2.75, 3.05) is 18.1 Å². The van der Waals surface area contributed by atoms with Crippen LogP contribution < -0.4 is 20.1 Å². The Morgan fingerprint density at radius 2 is 1.88 bits per heavy atom. The Morgan fingerprint density at radius 3 is 2.58 bits per heavy atom. The van der Waals surface area contributed by atoms with E-state index in [2.05, 4.69) is 15.4 Å². The van der Waals surface area contributed by atoms with Gasteiger partial charge in [0.2, 0.25) is 10.0 Å². The van der Waals surface area contributed by atoms with Crippen molar-refractivity contribution in [1.82, 2.24) is 10.6 Å². The number of ether oxygens (including phenoxy) is 1. The smallest absolute Gasteiger partial charge is 0.315 e. The molecule has 0 heterocycles. The predicted molar refractivity (Wildman–Crippen MR) is 102 cm³/mol. The van der Waals surface area contributed by atoms with Crippen LogP contribution in [0.3, 0.4) is 0 Å². The van der Waals surface area contributed by atoms with Gasteiger partial charge in [-0.1, -0.05) is 24.3 Å². The van der Waals surface area contributed by atoms with E-state index in [4.69, 9.17) is 4.74 Å². The summed E-state index contributed by atoms with van der Waals surface area (Å²) >= 11 is 0. The zero-order chi connectivity index (χ0) is 19.2. The van der Waals surface area contributed by atoms with Gasteiger partial charge in [0, 0.05) is 12.2 Å². The topological polar surface area (TPSA) is 96.5 Å². The van der Waals surface area contributed by atoms with E-state index >= 15 is 0 Å². The summed E-state index contributed by atoms with van der Waals surface area (Å²) in [6.07, 6.45) is 1.09. The summed E-state index contributed by atoms with van der Waals surface area (Å²) in [5, 5.41) is 5.61. The van der Waals surface area contributed by atoms with Crippen LogP contribution in [0, 0.1) is 0 Å². The molecule has 0 saturated heterocycles. The van der Waals surface area contributed by atoms with Gasteiger partial charge in [0.1, 0.15) is 5.75 Å². The lowest BCUT2D eigenvalue weighted by Crippen LogP contribution is -2.36. The number of carbonyl (C=O) groups excluding carboxylic acids is 1. The van der Waals surface area contributed by atoms with Crippen LogP contribution in [0.4, 0.5) is 10.5 Å². The summed E-state index contributed by atoms with van der Waals surface area (Å²) in [7, 11) is -1.76. The molecule has 0 unspecified atom stereocenters. The van der Waals surface area contributed by atoms with Crippen LogP contribution in [0.25, 0.3) is 0 Å². The molecule has 0 aliphatic heterocycles. The Kier molecular flexibility index (Phi) is 6.46. The second kappa shape index (κ2) is 8.57. The molecule has 0 spiro atoms. The van der Waals surface area contributed by atoms with Crippen LogP contribution in [0.1, 0.15) is 24.1 Å². The van der Waals surface area contributed by atoms with Gasteiger partial charge >= 0.3 is 6.03 Å². The summed E-state index contributed by atoms with van der Waals surface area (Å²) < 4.78 is 30.2. The predicted octanol–water partition coefficient (Wildman–Crippen LogP) is 2.63. The second-order valence-corrected chi connectivity index (χ2v) is 7.65. The number of urea groups is 1. The maximum atomic E-state index is 12.1. The average Bonchev–Trinajstić information content (AvgIpc) is 2.59. The summed E-state index contributed by atoms with van der Waals surface area (Å²) in [6, 6.07) is 13.7. The van der Waals surface area contributed by atoms with E-state index in [0.29, 0.717) is 12.2 Å². The first kappa shape index (κ1) is 19.6. The summed E-state index contributed by atoms with van der Waals surface area (Å²) in [4.78, 5) is 12.1. The van der Waals surface area contributed by atoms with Crippen molar-refractivity contribution in [3.05, 3.63) is 59.7 Å². The van der Waals surface area contributed by atoms with Crippen molar-refractivity contribution in [1.29, 1.82) is 0 Å². The fourth-order valence-electron chi connectivity index (χ4n) is 2.38. The third-order valence-corrected chi connectivity index (χ3v) is 4.23. The third kappa shape index (κ3) is 6.29. The maximum absolute atomic E-state index is 12.1. The van der Waals surface area contributed by atoms with Gasteiger partial charge in [-0.05, 0) is 42.3 Å². The van der Waals surface area contributed by atoms with E-state index in [-0.39, 0.29) is 12.1 Å². The van der Waals surface area contributed by atoms with Gasteiger partial charge in [-0.3, -0.25) is 4.72 Å². The lowest BCUT2D eigenvalue weighted by Gasteiger charge is -2.16. The van der Waals surface area contributed by atoms with E-state index in [1.54, 1.807) is 25.3 Å². The molecule has 0 aromatic heterocycles. The molecule has 3 N–H and O–H groups in total. The quantitative estimate of drug-likeness (QED) is 0.691. The lowest BCUT2D eigenvalue weighted by molar-refractivity contribution is 0.237. The zero-order valence-corrected chi connectivity index (χ0v) is 15.8. The van der Waals surface area contributed by atoms with Crippen molar-refractivity contribution < 1.29 is 17.9 Å². The van der Waals surface area contributed by atoms with E-state index in [9.17, 15) is 13.2 Å². The van der Waals surface area contributed by atoms with Gasteiger partial charge in [-0.15, -0.1) is 0 Å². The molecule has 2 rings (SSSR count). The number of sulfonamides is 1. The average molecular weight is 377 g/mol. The molecular weight excluding hydrogens is 354 g/mol. The number of carbonyl (C=O) groups is 1. The molecule has 1 atom stereocenters. The minimum absolute atomic E-state index is 0.290. The summed E-state index contributed by atoms with van der Waals surface area (Å²) in [6.45, 7) is 2.19. The number of hydrogen-bond donors (Lipinski definition) is 3. The molecule has 0 bridgehead atoms. The first-order chi connectivity index (χ1) is 12.3. The molecule has 2 aromatic carbocycles. The minimum atomic E-state index is -3.35. The monoisotopic (exact) mass is 377 g/mol. The Morgan fingerprint density at radius 1 is 1.15 bits per heavy atom. The van der Waals surface area contributed by atoms with Gasteiger partial charge in [-0.2, -0.15) is 0 Å². The minimum Gasteiger partial charge on any atom is -0.497 e. The molecule has 140 valence electrons. The highest BCUT2D eigenvalue weighted by Crippen LogP contribution is 2.18. The molecule has 2 amide bonds. The van der Waals surface area contributed by atoms with Crippen molar-refractivity contribution >= 4 is 21.7 Å². The lowest BCUT2D eigenvalue weighted by atomic mass is 10.1. The Balaban J connectivity index is 1.93. The van der Waals surface area contributed by atoms with Gasteiger partial charge in [-0.25, -0.2) is 13.2 Å². The molecule has 0 fully saturated rings.